The van der Waals surface area contributed by atoms with Crippen LogP contribution in [0, 0.1) is 0 Å². The van der Waals surface area contributed by atoms with Gasteiger partial charge in [0.2, 0.25) is 0 Å². The Morgan fingerprint density at radius 2 is 1.92 bits per heavy atom. The van der Waals surface area contributed by atoms with Gasteiger partial charge in [0.15, 0.2) is 6.61 Å². The van der Waals surface area contributed by atoms with Gasteiger partial charge in [-0.2, -0.15) is 0 Å². The summed E-state index contributed by atoms with van der Waals surface area (Å²) in [6.07, 6.45) is 0. The Morgan fingerprint density at radius 1 is 1.27 bits per heavy atom. The zero-order valence-corrected chi connectivity index (χ0v) is 15.0. The number of para-hydroxylation sites is 1. The average Bonchev–Trinajstić information content (AvgIpc) is 3.10. The van der Waals surface area contributed by atoms with Crippen LogP contribution in [0.15, 0.2) is 30.3 Å². The summed E-state index contributed by atoms with van der Waals surface area (Å²) < 4.78 is 11.1. The summed E-state index contributed by atoms with van der Waals surface area (Å²) in [7, 11) is 2.14. The van der Waals surface area contributed by atoms with Crippen LogP contribution in [0.2, 0.25) is 0 Å². The Morgan fingerprint density at radius 3 is 2.58 bits per heavy atom. The SMILES string of the molecule is CN1CCN([C@H]2COC[C@@H]2NC(=O)COc2ccccc2)CC1.O=CO. The van der Waals surface area contributed by atoms with Crippen molar-refractivity contribution in [3.8, 4) is 5.75 Å². The quantitative estimate of drug-likeness (QED) is 0.704. The molecule has 0 bridgehead atoms. The number of nitrogens with one attached hydrogen (secondary N) is 1. The molecule has 0 saturated carbocycles. The zero-order valence-electron chi connectivity index (χ0n) is 15.0. The van der Waals surface area contributed by atoms with Crippen molar-refractivity contribution in [1.29, 1.82) is 0 Å². The van der Waals surface area contributed by atoms with E-state index in [4.69, 9.17) is 19.4 Å². The molecular weight excluding hydrogens is 338 g/mol. The van der Waals surface area contributed by atoms with Gasteiger partial charge in [-0.3, -0.25) is 14.5 Å². The van der Waals surface area contributed by atoms with Crippen molar-refractivity contribution in [2.45, 2.75) is 12.1 Å². The van der Waals surface area contributed by atoms with Crippen LogP contribution >= 0.6 is 0 Å². The molecule has 2 atom stereocenters. The number of carbonyl (C=O) groups is 2. The maximum atomic E-state index is 12.1. The minimum atomic E-state index is -0.250. The molecular formula is C18H27N3O5. The lowest BCUT2D eigenvalue weighted by Crippen LogP contribution is -2.56. The highest BCUT2D eigenvalue weighted by atomic mass is 16.5. The number of rotatable bonds is 5. The molecule has 1 aromatic carbocycles. The van der Waals surface area contributed by atoms with Gasteiger partial charge in [-0.05, 0) is 19.2 Å². The first-order valence-corrected chi connectivity index (χ1v) is 8.69. The third-order valence-corrected chi connectivity index (χ3v) is 4.52. The summed E-state index contributed by atoms with van der Waals surface area (Å²) in [5.74, 6) is 0.615. The lowest BCUT2D eigenvalue weighted by atomic mass is 10.1. The van der Waals surface area contributed by atoms with Crippen molar-refractivity contribution in [2.75, 3.05) is 53.0 Å². The van der Waals surface area contributed by atoms with E-state index in [-0.39, 0.29) is 31.1 Å². The highest BCUT2D eigenvalue weighted by Crippen LogP contribution is 2.15. The van der Waals surface area contributed by atoms with Gasteiger partial charge >= 0.3 is 0 Å². The molecule has 26 heavy (non-hydrogen) atoms. The molecule has 144 valence electrons. The zero-order chi connectivity index (χ0) is 18.8. The average molecular weight is 365 g/mol. The topological polar surface area (TPSA) is 91.3 Å². The number of hydrogen-bond donors (Lipinski definition) is 2. The Balaban J connectivity index is 0.000000758. The number of likely N-dealkylation sites (N-methyl/N-ethyl adjacent to an activating group) is 1. The standard InChI is InChI=1S/C17H25N3O3.CH2O2/c1-19-7-9-20(10-8-19)16-12-22-11-15(16)18-17(21)13-23-14-5-3-2-4-6-14;2-1-3/h2-6,15-16H,7-13H2,1H3,(H,18,21);1H,(H,2,3)/t15-,16-;/m0./s1. The van der Waals surface area contributed by atoms with Crippen LogP contribution in [-0.2, 0) is 14.3 Å². The molecule has 0 radical (unpaired) electrons. The van der Waals surface area contributed by atoms with Crippen molar-refractivity contribution in [3.05, 3.63) is 30.3 Å². The molecule has 1 amide bonds. The number of amides is 1. The Bertz CT molecular complexity index is 549. The molecule has 0 unspecified atom stereocenters. The van der Waals surface area contributed by atoms with Crippen LogP contribution in [0.1, 0.15) is 0 Å². The molecule has 8 nitrogen and oxygen atoms in total. The van der Waals surface area contributed by atoms with Crippen molar-refractivity contribution in [2.24, 2.45) is 0 Å². The summed E-state index contributed by atoms with van der Waals surface area (Å²) >= 11 is 0. The number of nitrogens with zero attached hydrogens (tertiary/aromatic N) is 2. The van der Waals surface area contributed by atoms with E-state index in [1.54, 1.807) is 0 Å². The predicted molar refractivity (Wildman–Crippen MR) is 96.2 cm³/mol. The first-order valence-electron chi connectivity index (χ1n) is 8.69. The molecule has 2 fully saturated rings. The van der Waals surface area contributed by atoms with Gasteiger partial charge in [-0.15, -0.1) is 0 Å². The highest BCUT2D eigenvalue weighted by molar-refractivity contribution is 5.78. The van der Waals surface area contributed by atoms with E-state index in [2.05, 4.69) is 22.2 Å². The number of ether oxygens (including phenoxy) is 2. The van der Waals surface area contributed by atoms with Crippen LogP contribution in [0.5, 0.6) is 5.75 Å². The number of carbonyl (C=O) groups excluding carboxylic acids is 1. The van der Waals surface area contributed by atoms with Gasteiger partial charge < -0.3 is 24.8 Å². The summed E-state index contributed by atoms with van der Waals surface area (Å²) in [5, 5.41) is 9.95. The monoisotopic (exact) mass is 365 g/mol. The lowest BCUT2D eigenvalue weighted by Gasteiger charge is -2.38. The maximum absolute atomic E-state index is 12.1. The summed E-state index contributed by atoms with van der Waals surface area (Å²) in [4.78, 5) is 25.2. The molecule has 2 saturated heterocycles. The maximum Gasteiger partial charge on any atom is 0.290 e. The molecule has 2 N–H and O–H groups in total. The molecule has 2 heterocycles. The fourth-order valence-electron chi connectivity index (χ4n) is 3.11. The van der Waals surface area contributed by atoms with Gasteiger partial charge in [0.1, 0.15) is 5.75 Å². The lowest BCUT2D eigenvalue weighted by molar-refractivity contribution is -0.124. The van der Waals surface area contributed by atoms with Gasteiger partial charge in [0, 0.05) is 26.2 Å². The predicted octanol–water partition coefficient (Wildman–Crippen LogP) is -0.103. The first kappa shape index (κ1) is 20.2. The van der Waals surface area contributed by atoms with E-state index < -0.39 is 0 Å². The third-order valence-electron chi connectivity index (χ3n) is 4.52. The number of hydrogen-bond acceptors (Lipinski definition) is 6. The fraction of sp³-hybridized carbons (Fsp3) is 0.556. The number of benzene rings is 1. The minimum Gasteiger partial charge on any atom is -0.484 e. The van der Waals surface area contributed by atoms with Crippen molar-refractivity contribution in [3.63, 3.8) is 0 Å². The first-order chi connectivity index (χ1) is 12.6. The number of carboxylic acid groups (broad SMARTS) is 1. The van der Waals surface area contributed by atoms with Crippen LogP contribution < -0.4 is 10.1 Å². The second-order valence-electron chi connectivity index (χ2n) is 6.33. The van der Waals surface area contributed by atoms with E-state index in [9.17, 15) is 4.79 Å². The second-order valence-corrected chi connectivity index (χ2v) is 6.33. The minimum absolute atomic E-state index is 0.0377. The third kappa shape index (κ3) is 6.29. The Kier molecular flexibility index (Phi) is 8.33. The van der Waals surface area contributed by atoms with E-state index >= 15 is 0 Å². The van der Waals surface area contributed by atoms with Crippen molar-refractivity contribution in [1.82, 2.24) is 15.1 Å². The van der Waals surface area contributed by atoms with Gasteiger partial charge in [0.05, 0.1) is 25.3 Å². The van der Waals surface area contributed by atoms with Crippen LogP contribution in [0.3, 0.4) is 0 Å². The van der Waals surface area contributed by atoms with Crippen molar-refractivity contribution >= 4 is 12.4 Å². The summed E-state index contributed by atoms with van der Waals surface area (Å²) in [5.41, 5.74) is 0. The van der Waals surface area contributed by atoms with E-state index in [1.165, 1.54) is 0 Å². The molecule has 1 aromatic rings. The van der Waals surface area contributed by atoms with E-state index in [0.717, 1.165) is 26.2 Å². The summed E-state index contributed by atoms with van der Waals surface area (Å²) in [6.45, 7) is 5.23. The Labute approximate surface area is 153 Å². The molecule has 0 aliphatic carbocycles. The molecule has 0 aromatic heterocycles. The van der Waals surface area contributed by atoms with Gasteiger partial charge in [-0.25, -0.2) is 0 Å². The van der Waals surface area contributed by atoms with Gasteiger partial charge in [-0.1, -0.05) is 18.2 Å². The summed E-state index contributed by atoms with van der Waals surface area (Å²) in [6, 6.07) is 9.71. The fourth-order valence-corrected chi connectivity index (χ4v) is 3.11. The highest BCUT2D eigenvalue weighted by Gasteiger charge is 2.35. The Hall–Kier alpha value is -2.16. The van der Waals surface area contributed by atoms with Crippen LogP contribution in [-0.4, -0.2) is 92.4 Å². The van der Waals surface area contributed by atoms with Gasteiger partial charge in [0.25, 0.3) is 12.4 Å². The molecule has 3 rings (SSSR count). The number of piperazine rings is 1. The molecule has 8 heteroatoms. The van der Waals surface area contributed by atoms with Crippen LogP contribution in [0.4, 0.5) is 0 Å². The van der Waals surface area contributed by atoms with Crippen LogP contribution in [0.25, 0.3) is 0 Å². The van der Waals surface area contributed by atoms with Crippen molar-refractivity contribution < 1.29 is 24.2 Å². The molecule has 2 aliphatic rings. The molecule has 2 aliphatic heterocycles. The van der Waals surface area contributed by atoms with E-state index in [1.807, 2.05) is 30.3 Å². The normalized spacial score (nSPS) is 23.6. The smallest absolute Gasteiger partial charge is 0.290 e. The molecule has 0 spiro atoms. The second kappa shape index (κ2) is 10.7. The van der Waals surface area contributed by atoms with E-state index in [0.29, 0.717) is 19.0 Å². The largest absolute Gasteiger partial charge is 0.484 e.